The Morgan fingerprint density at radius 3 is 2.15 bits per heavy atom. The quantitative estimate of drug-likeness (QED) is 0.510. The number of nitrogens with two attached hydrogens (primary N) is 1. The number of halogens is 5. The van der Waals surface area contributed by atoms with Gasteiger partial charge >= 0.3 is 0 Å². The van der Waals surface area contributed by atoms with Crippen LogP contribution in [0.1, 0.15) is 17.2 Å². The Morgan fingerprint density at radius 2 is 1.55 bits per heavy atom. The van der Waals surface area contributed by atoms with Gasteiger partial charge in [-0.15, -0.1) is 0 Å². The molecular weight excluding hydrogens is 312 g/mol. The molecule has 0 bridgehead atoms. The number of benzene rings is 2. The second-order valence-corrected chi connectivity index (χ2v) is 4.90. The molecule has 0 aliphatic carbocycles. The summed E-state index contributed by atoms with van der Waals surface area (Å²) < 4.78 is 41.2. The van der Waals surface area contributed by atoms with Gasteiger partial charge in [0.15, 0.2) is 0 Å². The Morgan fingerprint density at radius 1 is 0.900 bits per heavy atom. The summed E-state index contributed by atoms with van der Waals surface area (Å²) in [5.41, 5.74) is 2.13. The third-order valence-corrected chi connectivity index (χ3v) is 3.32. The molecule has 2 aromatic carbocycles. The van der Waals surface area contributed by atoms with Crippen LogP contribution in [0.3, 0.4) is 0 Å². The molecule has 0 aliphatic rings. The predicted molar refractivity (Wildman–Crippen MR) is 71.9 cm³/mol. The first-order valence-corrected chi connectivity index (χ1v) is 6.25. The van der Waals surface area contributed by atoms with E-state index in [4.69, 9.17) is 29.0 Å². The Labute approximate surface area is 123 Å². The van der Waals surface area contributed by atoms with Crippen molar-refractivity contribution in [3.8, 4) is 0 Å². The fourth-order valence-electron chi connectivity index (χ4n) is 1.84. The fourth-order valence-corrected chi connectivity index (χ4v) is 2.15. The van der Waals surface area contributed by atoms with Crippen molar-refractivity contribution < 1.29 is 13.2 Å². The highest BCUT2D eigenvalue weighted by molar-refractivity contribution is 6.31. The molecule has 2 aromatic rings. The van der Waals surface area contributed by atoms with Gasteiger partial charge in [-0.05, 0) is 24.3 Å². The summed E-state index contributed by atoms with van der Waals surface area (Å²) in [6.45, 7) is 0. The normalized spacial score (nSPS) is 12.5. The van der Waals surface area contributed by atoms with Crippen LogP contribution in [0.5, 0.6) is 0 Å². The lowest BCUT2D eigenvalue weighted by Gasteiger charge is -2.18. The summed E-state index contributed by atoms with van der Waals surface area (Å²) in [6.07, 6.45) is 0. The van der Waals surface area contributed by atoms with E-state index in [-0.39, 0.29) is 21.2 Å². The van der Waals surface area contributed by atoms with Crippen LogP contribution in [0, 0.1) is 17.5 Å². The number of hydrogen-bond acceptors (Lipinski definition) is 2. The maximum atomic E-state index is 13.9. The minimum absolute atomic E-state index is 0.0394. The van der Waals surface area contributed by atoms with Gasteiger partial charge in [0.05, 0.1) is 11.1 Å². The minimum atomic E-state index is -1.07. The van der Waals surface area contributed by atoms with Gasteiger partial charge in [0.2, 0.25) is 0 Å². The standard InChI is InChI=1S/C13H9Cl2F3N2/c14-6-1-2-7(10(16)3-6)13(20-19)8-4-12(18)9(15)5-11(8)17/h1-5,13,20H,19H2. The first-order valence-electron chi connectivity index (χ1n) is 5.49. The van der Waals surface area contributed by atoms with Gasteiger partial charge < -0.3 is 0 Å². The minimum Gasteiger partial charge on any atom is -0.271 e. The molecule has 1 unspecified atom stereocenters. The molecule has 1 atom stereocenters. The molecule has 7 heteroatoms. The Balaban J connectivity index is 2.55. The van der Waals surface area contributed by atoms with Crippen molar-refractivity contribution in [1.29, 1.82) is 0 Å². The maximum absolute atomic E-state index is 13.9. The summed E-state index contributed by atoms with van der Waals surface area (Å²) in [5, 5.41) is -0.177. The van der Waals surface area contributed by atoms with Gasteiger partial charge in [0.1, 0.15) is 17.5 Å². The van der Waals surface area contributed by atoms with E-state index in [9.17, 15) is 13.2 Å². The third-order valence-electron chi connectivity index (χ3n) is 2.79. The van der Waals surface area contributed by atoms with E-state index in [2.05, 4.69) is 5.43 Å². The van der Waals surface area contributed by atoms with Crippen LogP contribution in [0.15, 0.2) is 30.3 Å². The zero-order chi connectivity index (χ0) is 14.9. The average molecular weight is 321 g/mol. The van der Waals surface area contributed by atoms with E-state index in [1.807, 2.05) is 0 Å². The lowest BCUT2D eigenvalue weighted by Crippen LogP contribution is -2.30. The Bertz CT molecular complexity index is 650. The molecule has 2 nitrogen and oxygen atoms in total. The van der Waals surface area contributed by atoms with Gasteiger partial charge in [-0.3, -0.25) is 5.84 Å². The van der Waals surface area contributed by atoms with Crippen LogP contribution in [-0.4, -0.2) is 0 Å². The topological polar surface area (TPSA) is 38.0 Å². The highest BCUT2D eigenvalue weighted by atomic mass is 35.5. The van der Waals surface area contributed by atoms with Crippen molar-refractivity contribution in [2.45, 2.75) is 6.04 Å². The van der Waals surface area contributed by atoms with Gasteiger partial charge in [-0.25, -0.2) is 18.6 Å². The smallest absolute Gasteiger partial charge is 0.142 e. The molecule has 0 saturated carbocycles. The SMILES string of the molecule is NNC(c1ccc(Cl)cc1F)c1cc(F)c(Cl)cc1F. The zero-order valence-corrected chi connectivity index (χ0v) is 11.4. The molecule has 0 amide bonds. The first kappa shape index (κ1) is 15.1. The third kappa shape index (κ3) is 2.91. The number of hydrogen-bond donors (Lipinski definition) is 2. The van der Waals surface area contributed by atoms with Crippen molar-refractivity contribution in [1.82, 2.24) is 5.43 Å². The van der Waals surface area contributed by atoms with Gasteiger partial charge in [-0.2, -0.15) is 0 Å². The van der Waals surface area contributed by atoms with E-state index >= 15 is 0 Å². The van der Waals surface area contributed by atoms with Crippen LogP contribution in [-0.2, 0) is 0 Å². The predicted octanol–water partition coefficient (Wildman–Crippen LogP) is 3.96. The van der Waals surface area contributed by atoms with Crippen molar-refractivity contribution >= 4 is 23.2 Å². The van der Waals surface area contributed by atoms with Crippen LogP contribution >= 0.6 is 23.2 Å². The summed E-state index contributed by atoms with van der Waals surface area (Å²) in [4.78, 5) is 0. The summed E-state index contributed by atoms with van der Waals surface area (Å²) in [7, 11) is 0. The van der Waals surface area contributed by atoms with E-state index in [0.717, 1.165) is 18.2 Å². The van der Waals surface area contributed by atoms with Gasteiger partial charge in [0.25, 0.3) is 0 Å². The number of rotatable bonds is 3. The van der Waals surface area contributed by atoms with Gasteiger partial charge in [-0.1, -0.05) is 29.3 Å². The zero-order valence-electron chi connectivity index (χ0n) is 9.93. The summed E-state index contributed by atoms with van der Waals surface area (Å²) in [6, 6.07) is 4.44. The number of hydrazine groups is 1. The summed E-state index contributed by atoms with van der Waals surface area (Å²) >= 11 is 11.1. The van der Waals surface area contributed by atoms with Crippen LogP contribution in [0.2, 0.25) is 10.0 Å². The maximum Gasteiger partial charge on any atom is 0.142 e. The van der Waals surface area contributed by atoms with E-state index in [0.29, 0.717) is 0 Å². The van der Waals surface area contributed by atoms with Crippen molar-refractivity contribution in [3.63, 3.8) is 0 Å². The molecule has 106 valence electrons. The lowest BCUT2D eigenvalue weighted by atomic mass is 9.98. The molecule has 20 heavy (non-hydrogen) atoms. The van der Waals surface area contributed by atoms with Crippen LogP contribution in [0.25, 0.3) is 0 Å². The molecular formula is C13H9Cl2F3N2. The Hall–Kier alpha value is -1.27. The molecule has 3 N–H and O–H groups in total. The molecule has 0 aliphatic heterocycles. The summed E-state index contributed by atoms with van der Waals surface area (Å²) in [5.74, 6) is 3.02. The second-order valence-electron chi connectivity index (χ2n) is 4.05. The van der Waals surface area contributed by atoms with Crippen molar-refractivity contribution in [2.24, 2.45) is 5.84 Å². The molecule has 0 spiro atoms. The largest absolute Gasteiger partial charge is 0.271 e. The van der Waals surface area contributed by atoms with E-state index < -0.39 is 23.5 Å². The monoisotopic (exact) mass is 320 g/mol. The highest BCUT2D eigenvalue weighted by Crippen LogP contribution is 2.30. The molecule has 0 saturated heterocycles. The highest BCUT2D eigenvalue weighted by Gasteiger charge is 2.22. The average Bonchev–Trinajstić information content (AvgIpc) is 2.38. The second kappa shape index (κ2) is 6.01. The number of nitrogens with one attached hydrogen (secondary N) is 1. The first-order chi connectivity index (χ1) is 9.43. The Kier molecular flexibility index (Phi) is 4.55. The molecule has 0 radical (unpaired) electrons. The van der Waals surface area contributed by atoms with Crippen LogP contribution in [0.4, 0.5) is 13.2 Å². The van der Waals surface area contributed by atoms with E-state index in [1.165, 1.54) is 12.1 Å². The fraction of sp³-hybridized carbons (Fsp3) is 0.0769. The molecule has 2 rings (SSSR count). The van der Waals surface area contributed by atoms with Crippen molar-refractivity contribution in [3.05, 3.63) is 69.0 Å². The molecule has 0 fully saturated rings. The molecule has 0 aromatic heterocycles. The van der Waals surface area contributed by atoms with E-state index in [1.54, 1.807) is 0 Å². The lowest BCUT2D eigenvalue weighted by molar-refractivity contribution is 0.523. The van der Waals surface area contributed by atoms with Crippen LogP contribution < -0.4 is 11.3 Å². The van der Waals surface area contributed by atoms with Crippen molar-refractivity contribution in [2.75, 3.05) is 0 Å². The molecule has 0 heterocycles. The van der Waals surface area contributed by atoms with Gasteiger partial charge in [0, 0.05) is 16.1 Å².